The number of carbonyl (C=O) groups is 1. The average Bonchev–Trinajstić information content (AvgIpc) is 2.91. The third kappa shape index (κ3) is 4.28. The van der Waals surface area contributed by atoms with Crippen LogP contribution >= 0.6 is 11.3 Å². The van der Waals surface area contributed by atoms with Gasteiger partial charge in [-0.05, 0) is 36.8 Å². The fourth-order valence-corrected chi connectivity index (χ4v) is 4.41. The third-order valence-electron chi connectivity index (χ3n) is 4.01. The second-order valence-electron chi connectivity index (χ2n) is 6.08. The van der Waals surface area contributed by atoms with Crippen LogP contribution in [0.5, 0.6) is 5.75 Å². The summed E-state index contributed by atoms with van der Waals surface area (Å²) in [5.74, 6) is 0.473. The van der Waals surface area contributed by atoms with Crippen LogP contribution in [0.1, 0.15) is 12.5 Å². The van der Waals surface area contributed by atoms with Crippen molar-refractivity contribution in [2.45, 2.75) is 18.2 Å². The number of nitrogens with zero attached hydrogens (tertiary/aromatic N) is 2. The molecule has 1 heterocycles. The molecule has 0 atom stereocenters. The summed E-state index contributed by atoms with van der Waals surface area (Å²) in [6, 6.07) is 12.1. The lowest BCUT2D eigenvalue weighted by Gasteiger charge is -2.05. The first-order chi connectivity index (χ1) is 12.8. The normalized spacial score (nSPS) is 12.5. The number of fused-ring (bicyclic) bond motifs is 1. The minimum atomic E-state index is -3.25. The lowest BCUT2D eigenvalue weighted by atomic mass is 10.1. The van der Waals surface area contributed by atoms with Crippen molar-refractivity contribution in [2.75, 3.05) is 12.9 Å². The molecule has 6 nitrogen and oxygen atoms in total. The fraction of sp³-hybridized carbons (Fsp3) is 0.263. The predicted molar refractivity (Wildman–Crippen MR) is 106 cm³/mol. The Balaban J connectivity index is 1.89. The Morgan fingerprint density at radius 1 is 1.19 bits per heavy atom. The highest BCUT2D eigenvalue weighted by Crippen LogP contribution is 2.26. The number of para-hydroxylation sites is 1. The Labute approximate surface area is 161 Å². The number of hydrogen-bond acceptors (Lipinski definition) is 5. The second kappa shape index (κ2) is 7.66. The first-order valence-electron chi connectivity index (χ1n) is 8.37. The zero-order chi connectivity index (χ0) is 19.6. The maximum atomic E-state index is 12.4. The Morgan fingerprint density at radius 3 is 2.52 bits per heavy atom. The topological polar surface area (TPSA) is 77.7 Å². The maximum Gasteiger partial charge on any atom is 0.252 e. The molecule has 0 saturated heterocycles. The number of amides is 1. The molecule has 3 aromatic rings. The smallest absolute Gasteiger partial charge is 0.252 e. The lowest BCUT2D eigenvalue weighted by molar-refractivity contribution is -0.117. The molecule has 0 aliphatic heterocycles. The van der Waals surface area contributed by atoms with E-state index in [1.54, 1.807) is 12.1 Å². The molecule has 27 heavy (non-hydrogen) atoms. The van der Waals surface area contributed by atoms with Crippen LogP contribution in [0.25, 0.3) is 10.2 Å². The maximum absolute atomic E-state index is 12.4. The summed E-state index contributed by atoms with van der Waals surface area (Å²) in [4.78, 5) is 17.4. The number of hydrogen-bond donors (Lipinski definition) is 0. The minimum absolute atomic E-state index is 0.108. The lowest BCUT2D eigenvalue weighted by Crippen LogP contribution is -2.14. The number of benzene rings is 2. The number of ether oxygens (including phenoxy) is 1. The van der Waals surface area contributed by atoms with E-state index in [9.17, 15) is 13.2 Å². The summed E-state index contributed by atoms with van der Waals surface area (Å²) < 4.78 is 31.5. The van der Waals surface area contributed by atoms with Crippen LogP contribution in [-0.4, -0.2) is 31.8 Å². The van der Waals surface area contributed by atoms with Gasteiger partial charge in [0.05, 0.1) is 22.6 Å². The van der Waals surface area contributed by atoms with Crippen molar-refractivity contribution in [3.63, 3.8) is 0 Å². The van der Waals surface area contributed by atoms with E-state index in [1.807, 2.05) is 36.7 Å². The van der Waals surface area contributed by atoms with Gasteiger partial charge in [0.2, 0.25) is 0 Å². The van der Waals surface area contributed by atoms with Gasteiger partial charge in [-0.2, -0.15) is 4.99 Å². The minimum Gasteiger partial charge on any atom is -0.492 e. The zero-order valence-corrected chi connectivity index (χ0v) is 16.9. The van der Waals surface area contributed by atoms with Crippen LogP contribution in [0.2, 0.25) is 0 Å². The van der Waals surface area contributed by atoms with E-state index in [2.05, 4.69) is 4.99 Å². The molecule has 0 aliphatic rings. The molecular formula is C19H20N2O4S2. The van der Waals surface area contributed by atoms with Crippen molar-refractivity contribution in [3.05, 3.63) is 52.8 Å². The van der Waals surface area contributed by atoms with Crippen LogP contribution in [0.4, 0.5) is 0 Å². The molecule has 0 radical (unpaired) electrons. The molecule has 0 aliphatic carbocycles. The number of sulfone groups is 1. The van der Waals surface area contributed by atoms with Gasteiger partial charge in [0.25, 0.3) is 5.91 Å². The summed E-state index contributed by atoms with van der Waals surface area (Å²) in [7, 11) is -1.39. The number of carbonyl (C=O) groups excluding carboxylic acids is 1. The van der Waals surface area contributed by atoms with E-state index in [1.165, 1.54) is 23.5 Å². The van der Waals surface area contributed by atoms with Gasteiger partial charge in [-0.3, -0.25) is 4.79 Å². The van der Waals surface area contributed by atoms with Gasteiger partial charge in [-0.1, -0.05) is 29.5 Å². The summed E-state index contributed by atoms with van der Waals surface area (Å²) in [6.07, 6.45) is 1.26. The largest absolute Gasteiger partial charge is 0.492 e. The summed E-state index contributed by atoms with van der Waals surface area (Å²) in [6.45, 7) is 2.49. The van der Waals surface area contributed by atoms with Crippen molar-refractivity contribution in [3.8, 4) is 5.75 Å². The fourth-order valence-electron chi connectivity index (χ4n) is 2.72. The predicted octanol–water partition coefficient (Wildman–Crippen LogP) is 2.71. The molecule has 3 rings (SSSR count). The number of aromatic nitrogens is 1. The van der Waals surface area contributed by atoms with Crippen LogP contribution < -0.4 is 9.54 Å². The Kier molecular flexibility index (Phi) is 5.48. The molecule has 0 N–H and O–H groups in total. The molecule has 142 valence electrons. The van der Waals surface area contributed by atoms with Gasteiger partial charge in [-0.15, -0.1) is 0 Å². The molecule has 1 aromatic heterocycles. The van der Waals surface area contributed by atoms with E-state index in [-0.39, 0.29) is 17.2 Å². The Hall–Kier alpha value is -2.45. The molecular weight excluding hydrogens is 384 g/mol. The molecule has 0 bridgehead atoms. The Morgan fingerprint density at radius 2 is 1.89 bits per heavy atom. The summed E-state index contributed by atoms with van der Waals surface area (Å²) in [5.41, 5.74) is 1.63. The number of rotatable bonds is 5. The molecule has 1 amide bonds. The van der Waals surface area contributed by atoms with E-state index in [0.717, 1.165) is 27.8 Å². The van der Waals surface area contributed by atoms with Gasteiger partial charge < -0.3 is 9.30 Å². The van der Waals surface area contributed by atoms with Crippen LogP contribution in [0.3, 0.4) is 0 Å². The Bertz CT molecular complexity index is 1160. The molecule has 0 fully saturated rings. The van der Waals surface area contributed by atoms with Crippen LogP contribution in [0, 0.1) is 0 Å². The van der Waals surface area contributed by atoms with Crippen LogP contribution in [0.15, 0.2) is 52.4 Å². The van der Waals surface area contributed by atoms with E-state index < -0.39 is 9.84 Å². The van der Waals surface area contributed by atoms with E-state index in [4.69, 9.17) is 4.74 Å². The molecule has 0 spiro atoms. The van der Waals surface area contributed by atoms with Crippen molar-refractivity contribution >= 4 is 37.3 Å². The van der Waals surface area contributed by atoms with E-state index >= 15 is 0 Å². The standard InChI is InChI=1S/C19H20N2O4S2/c1-4-25-15-6-5-7-16-18(15)21(2)19(26-16)20-17(22)12-13-8-10-14(11-9-13)27(3,23)24/h5-11H,4,12H2,1-3H3. The molecule has 0 saturated carbocycles. The van der Waals surface area contributed by atoms with Gasteiger partial charge in [0.1, 0.15) is 11.3 Å². The van der Waals surface area contributed by atoms with Crippen molar-refractivity contribution in [1.82, 2.24) is 4.57 Å². The summed E-state index contributed by atoms with van der Waals surface area (Å²) >= 11 is 1.42. The quantitative estimate of drug-likeness (QED) is 0.655. The van der Waals surface area contributed by atoms with Crippen LogP contribution in [-0.2, 0) is 28.1 Å². The highest BCUT2D eigenvalue weighted by molar-refractivity contribution is 7.90. The van der Waals surface area contributed by atoms with Gasteiger partial charge >= 0.3 is 0 Å². The van der Waals surface area contributed by atoms with Crippen molar-refractivity contribution < 1.29 is 17.9 Å². The highest BCUT2D eigenvalue weighted by atomic mass is 32.2. The third-order valence-corrected chi connectivity index (χ3v) is 6.24. The first kappa shape index (κ1) is 19.3. The monoisotopic (exact) mass is 404 g/mol. The van der Waals surface area contributed by atoms with E-state index in [0.29, 0.717) is 11.4 Å². The van der Waals surface area contributed by atoms with Gasteiger partial charge in [-0.25, -0.2) is 8.42 Å². The van der Waals surface area contributed by atoms with Crippen molar-refractivity contribution in [1.29, 1.82) is 0 Å². The van der Waals surface area contributed by atoms with Crippen molar-refractivity contribution in [2.24, 2.45) is 12.0 Å². The average molecular weight is 405 g/mol. The number of aryl methyl sites for hydroxylation is 1. The molecule has 2 aromatic carbocycles. The highest BCUT2D eigenvalue weighted by Gasteiger charge is 2.11. The second-order valence-corrected chi connectivity index (χ2v) is 9.10. The number of thiazole rings is 1. The van der Waals surface area contributed by atoms with Gasteiger partial charge in [0.15, 0.2) is 14.6 Å². The first-order valence-corrected chi connectivity index (χ1v) is 11.1. The zero-order valence-electron chi connectivity index (χ0n) is 15.3. The molecule has 8 heteroatoms. The molecule has 0 unspecified atom stereocenters. The summed E-state index contributed by atoms with van der Waals surface area (Å²) in [5, 5.41) is 0. The van der Waals surface area contributed by atoms with Gasteiger partial charge in [0, 0.05) is 13.3 Å². The SMILES string of the molecule is CCOc1cccc2sc(=NC(=O)Cc3ccc(S(C)(=O)=O)cc3)n(C)c12.